The SMILES string of the molecule is CCNC(=NCC1(SC)CCOCC1)Nc1ccc(OCC)c(OC)c1. The molecule has 0 amide bonds. The van der Waals surface area contributed by atoms with Gasteiger partial charge in [-0.05, 0) is 45.1 Å². The molecule has 0 radical (unpaired) electrons. The molecule has 26 heavy (non-hydrogen) atoms. The van der Waals surface area contributed by atoms with Gasteiger partial charge in [0, 0.05) is 36.3 Å². The van der Waals surface area contributed by atoms with Gasteiger partial charge in [-0.1, -0.05) is 0 Å². The fourth-order valence-corrected chi connectivity index (χ4v) is 3.63. The third kappa shape index (κ3) is 5.71. The maximum absolute atomic E-state index is 5.58. The molecule has 6 nitrogen and oxygen atoms in total. The molecule has 7 heteroatoms. The lowest BCUT2D eigenvalue weighted by atomic mass is 9.99. The molecule has 146 valence electrons. The summed E-state index contributed by atoms with van der Waals surface area (Å²) in [6.07, 6.45) is 4.24. The van der Waals surface area contributed by atoms with E-state index in [4.69, 9.17) is 19.2 Å². The molecule has 1 aliphatic rings. The third-order valence-electron chi connectivity index (χ3n) is 4.43. The van der Waals surface area contributed by atoms with Gasteiger partial charge in [0.25, 0.3) is 0 Å². The number of hydrogen-bond donors (Lipinski definition) is 2. The van der Waals surface area contributed by atoms with Crippen molar-refractivity contribution < 1.29 is 14.2 Å². The third-order valence-corrected chi connectivity index (χ3v) is 5.84. The van der Waals surface area contributed by atoms with Crippen LogP contribution in [0.4, 0.5) is 5.69 Å². The average Bonchev–Trinajstić information content (AvgIpc) is 2.68. The summed E-state index contributed by atoms with van der Waals surface area (Å²) in [6, 6.07) is 5.81. The zero-order chi connectivity index (χ0) is 18.8. The Bertz CT molecular complexity index is 589. The van der Waals surface area contributed by atoms with Gasteiger partial charge in [-0.2, -0.15) is 11.8 Å². The van der Waals surface area contributed by atoms with Crippen molar-refractivity contribution in [1.29, 1.82) is 0 Å². The molecule has 1 aliphatic heterocycles. The van der Waals surface area contributed by atoms with Crippen LogP contribution in [-0.4, -0.2) is 57.0 Å². The van der Waals surface area contributed by atoms with Crippen molar-refractivity contribution in [3.63, 3.8) is 0 Å². The van der Waals surface area contributed by atoms with E-state index in [1.54, 1.807) is 7.11 Å². The van der Waals surface area contributed by atoms with E-state index in [1.165, 1.54) is 0 Å². The molecule has 1 aromatic carbocycles. The minimum absolute atomic E-state index is 0.164. The number of methoxy groups -OCH3 is 1. The summed E-state index contributed by atoms with van der Waals surface area (Å²) >= 11 is 1.89. The van der Waals surface area contributed by atoms with Gasteiger partial charge in [0.05, 0.1) is 20.3 Å². The molecule has 0 saturated carbocycles. The van der Waals surface area contributed by atoms with E-state index in [1.807, 2.05) is 36.9 Å². The van der Waals surface area contributed by atoms with Crippen molar-refractivity contribution in [2.24, 2.45) is 4.99 Å². The smallest absolute Gasteiger partial charge is 0.195 e. The van der Waals surface area contributed by atoms with E-state index in [0.717, 1.165) is 56.5 Å². The summed E-state index contributed by atoms with van der Waals surface area (Å²) < 4.78 is 16.7. The zero-order valence-corrected chi connectivity index (χ0v) is 17.1. The number of anilines is 1. The van der Waals surface area contributed by atoms with Crippen LogP contribution in [0.3, 0.4) is 0 Å². The van der Waals surface area contributed by atoms with Crippen LogP contribution in [0.25, 0.3) is 0 Å². The number of benzene rings is 1. The molecule has 1 saturated heterocycles. The van der Waals surface area contributed by atoms with Crippen LogP contribution in [0.15, 0.2) is 23.2 Å². The standard InChI is InChI=1S/C19H31N3O3S/c1-5-20-18(21-14-19(26-4)9-11-24-12-10-19)22-15-7-8-16(25-6-2)17(13-15)23-3/h7-8,13H,5-6,9-12,14H2,1-4H3,(H2,20,21,22). The number of rotatable bonds is 8. The minimum atomic E-state index is 0.164. The Morgan fingerprint density at radius 3 is 2.65 bits per heavy atom. The molecule has 2 N–H and O–H groups in total. The first-order chi connectivity index (χ1) is 12.7. The molecule has 0 bridgehead atoms. The Morgan fingerprint density at radius 2 is 2.04 bits per heavy atom. The molecule has 1 aromatic rings. The fraction of sp³-hybridized carbons (Fsp3) is 0.632. The first-order valence-corrected chi connectivity index (χ1v) is 10.4. The lowest BCUT2D eigenvalue weighted by molar-refractivity contribution is 0.0794. The lowest BCUT2D eigenvalue weighted by Gasteiger charge is -2.34. The van der Waals surface area contributed by atoms with E-state index in [9.17, 15) is 0 Å². The molecule has 1 fully saturated rings. The lowest BCUT2D eigenvalue weighted by Crippen LogP contribution is -2.38. The molecule has 0 unspecified atom stereocenters. The van der Waals surface area contributed by atoms with Crippen molar-refractivity contribution in [2.75, 3.05) is 51.6 Å². The highest BCUT2D eigenvalue weighted by molar-refractivity contribution is 8.00. The highest BCUT2D eigenvalue weighted by atomic mass is 32.2. The number of guanidine groups is 1. The first kappa shape index (κ1) is 20.7. The maximum atomic E-state index is 5.58. The van der Waals surface area contributed by atoms with Gasteiger partial charge in [-0.3, -0.25) is 4.99 Å². The van der Waals surface area contributed by atoms with Crippen molar-refractivity contribution in [3.8, 4) is 11.5 Å². The molecule has 2 rings (SSSR count). The van der Waals surface area contributed by atoms with Gasteiger partial charge in [0.15, 0.2) is 17.5 Å². The number of ether oxygens (including phenoxy) is 3. The molecule has 0 aliphatic carbocycles. The van der Waals surface area contributed by atoms with Crippen molar-refractivity contribution in [2.45, 2.75) is 31.4 Å². The molecular weight excluding hydrogens is 350 g/mol. The summed E-state index contributed by atoms with van der Waals surface area (Å²) in [6.45, 7) is 7.82. The first-order valence-electron chi connectivity index (χ1n) is 9.15. The Balaban J connectivity index is 2.11. The summed E-state index contributed by atoms with van der Waals surface area (Å²) in [7, 11) is 1.65. The van der Waals surface area contributed by atoms with Crippen LogP contribution in [-0.2, 0) is 4.74 Å². The second-order valence-corrected chi connectivity index (χ2v) is 7.39. The predicted octanol–water partition coefficient (Wildman–Crippen LogP) is 3.38. The monoisotopic (exact) mass is 381 g/mol. The Kier molecular flexibility index (Phi) is 8.38. The van der Waals surface area contributed by atoms with E-state index in [0.29, 0.717) is 12.4 Å². The second kappa shape index (κ2) is 10.5. The quantitative estimate of drug-likeness (QED) is 0.532. The summed E-state index contributed by atoms with van der Waals surface area (Å²) in [5.74, 6) is 2.22. The van der Waals surface area contributed by atoms with Crippen molar-refractivity contribution >= 4 is 23.4 Å². The molecular formula is C19H31N3O3S. The fourth-order valence-electron chi connectivity index (χ4n) is 2.86. The highest BCUT2D eigenvalue weighted by Gasteiger charge is 2.31. The number of thioether (sulfide) groups is 1. The minimum Gasteiger partial charge on any atom is -0.493 e. The summed E-state index contributed by atoms with van der Waals surface area (Å²) in [5, 5.41) is 6.68. The van der Waals surface area contributed by atoms with Gasteiger partial charge < -0.3 is 24.8 Å². The van der Waals surface area contributed by atoms with Crippen molar-refractivity contribution in [3.05, 3.63) is 18.2 Å². The van der Waals surface area contributed by atoms with Crippen LogP contribution < -0.4 is 20.1 Å². The van der Waals surface area contributed by atoms with Gasteiger partial charge in [0.2, 0.25) is 0 Å². The van der Waals surface area contributed by atoms with Crippen LogP contribution in [0.1, 0.15) is 26.7 Å². The average molecular weight is 382 g/mol. The summed E-state index contributed by atoms with van der Waals surface area (Å²) in [5.41, 5.74) is 0.912. The van der Waals surface area contributed by atoms with Gasteiger partial charge in [-0.25, -0.2) is 0 Å². The molecule has 0 spiro atoms. The Hall–Kier alpha value is -1.60. The molecule has 1 heterocycles. The van der Waals surface area contributed by atoms with Gasteiger partial charge >= 0.3 is 0 Å². The van der Waals surface area contributed by atoms with E-state index in [-0.39, 0.29) is 4.75 Å². The number of aliphatic imine (C=N–C) groups is 1. The number of hydrogen-bond acceptors (Lipinski definition) is 5. The van der Waals surface area contributed by atoms with E-state index < -0.39 is 0 Å². The summed E-state index contributed by atoms with van der Waals surface area (Å²) in [4.78, 5) is 4.84. The largest absolute Gasteiger partial charge is 0.493 e. The maximum Gasteiger partial charge on any atom is 0.195 e. The van der Waals surface area contributed by atoms with Crippen LogP contribution in [0, 0.1) is 0 Å². The molecule has 0 aromatic heterocycles. The highest BCUT2D eigenvalue weighted by Crippen LogP contribution is 2.34. The normalized spacial score (nSPS) is 16.8. The Labute approximate surface area is 161 Å². The topological polar surface area (TPSA) is 64.1 Å². The van der Waals surface area contributed by atoms with Gasteiger partial charge in [-0.15, -0.1) is 0 Å². The predicted molar refractivity (Wildman–Crippen MR) is 110 cm³/mol. The number of nitrogens with one attached hydrogen (secondary N) is 2. The molecule has 0 atom stereocenters. The van der Waals surface area contributed by atoms with Crippen molar-refractivity contribution in [1.82, 2.24) is 5.32 Å². The van der Waals surface area contributed by atoms with Crippen LogP contribution in [0.5, 0.6) is 11.5 Å². The van der Waals surface area contributed by atoms with Crippen LogP contribution >= 0.6 is 11.8 Å². The second-order valence-electron chi connectivity index (χ2n) is 6.12. The van der Waals surface area contributed by atoms with E-state index >= 15 is 0 Å². The van der Waals surface area contributed by atoms with Crippen LogP contribution in [0.2, 0.25) is 0 Å². The number of nitrogens with zero attached hydrogens (tertiary/aromatic N) is 1. The van der Waals surface area contributed by atoms with Gasteiger partial charge in [0.1, 0.15) is 0 Å². The van der Waals surface area contributed by atoms with E-state index in [2.05, 4.69) is 23.8 Å². The zero-order valence-electron chi connectivity index (χ0n) is 16.3. The Morgan fingerprint density at radius 1 is 1.27 bits per heavy atom.